The van der Waals surface area contributed by atoms with Crippen LogP contribution in [0.5, 0.6) is 0 Å². The van der Waals surface area contributed by atoms with Gasteiger partial charge in [0.05, 0.1) is 17.2 Å². The zero-order valence-corrected chi connectivity index (χ0v) is 14.0. The smallest absolute Gasteiger partial charge is 0.261 e. The molecule has 0 bridgehead atoms. The van der Waals surface area contributed by atoms with Gasteiger partial charge in [-0.3, -0.25) is 14.3 Å². The second-order valence-electron chi connectivity index (χ2n) is 6.18. The molecule has 0 radical (unpaired) electrons. The summed E-state index contributed by atoms with van der Waals surface area (Å²) >= 11 is 0. The van der Waals surface area contributed by atoms with Crippen LogP contribution in [0.2, 0.25) is 0 Å². The van der Waals surface area contributed by atoms with E-state index < -0.39 is 0 Å². The highest BCUT2D eigenvalue weighted by atomic mass is 16.1. The molecule has 0 aliphatic rings. The van der Waals surface area contributed by atoms with E-state index in [9.17, 15) is 4.79 Å². The first kappa shape index (κ1) is 15.4. The quantitative estimate of drug-likeness (QED) is 0.744. The molecule has 0 saturated heterocycles. The minimum absolute atomic E-state index is 0.00955. The maximum atomic E-state index is 12.8. The number of aromatic nitrogens is 3. The molecule has 4 nitrogen and oxygen atoms in total. The van der Waals surface area contributed by atoms with E-state index in [1.807, 2.05) is 58.0 Å². The largest absolute Gasteiger partial charge is 0.295 e. The lowest BCUT2D eigenvalue weighted by molar-refractivity contribution is 0.517. The summed E-state index contributed by atoms with van der Waals surface area (Å²) in [7, 11) is 0. The summed E-state index contributed by atoms with van der Waals surface area (Å²) in [4.78, 5) is 21.8. The van der Waals surface area contributed by atoms with E-state index in [-0.39, 0.29) is 11.6 Å². The average Bonchev–Trinajstić information content (AvgIpc) is 2.51. The van der Waals surface area contributed by atoms with Crippen molar-refractivity contribution in [2.75, 3.05) is 0 Å². The molecular formula is C19H21N3O. The van der Waals surface area contributed by atoms with Gasteiger partial charge in [0.2, 0.25) is 0 Å². The Balaban J connectivity index is 2.01. The molecule has 3 rings (SSSR count). The van der Waals surface area contributed by atoms with Crippen LogP contribution in [0.1, 0.15) is 35.5 Å². The summed E-state index contributed by atoms with van der Waals surface area (Å²) in [5, 5.41) is 0.680. The molecular weight excluding hydrogens is 286 g/mol. The van der Waals surface area contributed by atoms with E-state index in [2.05, 4.69) is 9.97 Å². The van der Waals surface area contributed by atoms with Crippen molar-refractivity contribution >= 4 is 10.9 Å². The molecule has 1 unspecified atom stereocenters. The van der Waals surface area contributed by atoms with Crippen molar-refractivity contribution in [1.82, 2.24) is 14.5 Å². The fourth-order valence-electron chi connectivity index (χ4n) is 2.88. The van der Waals surface area contributed by atoms with Crippen molar-refractivity contribution in [3.63, 3.8) is 0 Å². The zero-order valence-electron chi connectivity index (χ0n) is 14.0. The third kappa shape index (κ3) is 2.89. The minimum Gasteiger partial charge on any atom is -0.295 e. The van der Waals surface area contributed by atoms with Gasteiger partial charge in [-0.15, -0.1) is 0 Å². The Labute approximate surface area is 135 Å². The molecule has 0 aliphatic heterocycles. The Bertz CT molecular complexity index is 928. The standard InChI is InChI=1S/C19H21N3O/c1-12-8-9-17-18(15(12)4)20-11-22(19(17)23)14(3)10-16-7-5-6-13(2)21-16/h5-9,11,14H,10H2,1-4H3. The van der Waals surface area contributed by atoms with Crippen LogP contribution in [-0.4, -0.2) is 14.5 Å². The number of hydrogen-bond acceptors (Lipinski definition) is 3. The van der Waals surface area contributed by atoms with Gasteiger partial charge in [-0.2, -0.15) is 0 Å². The number of rotatable bonds is 3. The summed E-state index contributed by atoms with van der Waals surface area (Å²) in [6.45, 7) is 8.05. The Morgan fingerprint density at radius 2 is 1.91 bits per heavy atom. The molecule has 1 aromatic carbocycles. The van der Waals surface area contributed by atoms with Crippen molar-refractivity contribution in [3.05, 3.63) is 69.5 Å². The van der Waals surface area contributed by atoms with E-state index in [0.29, 0.717) is 11.8 Å². The van der Waals surface area contributed by atoms with Crippen LogP contribution in [0.25, 0.3) is 10.9 Å². The maximum Gasteiger partial charge on any atom is 0.261 e. The fraction of sp³-hybridized carbons (Fsp3) is 0.316. The van der Waals surface area contributed by atoms with Gasteiger partial charge >= 0.3 is 0 Å². The lowest BCUT2D eigenvalue weighted by Crippen LogP contribution is -2.25. The predicted octanol–water partition coefficient (Wildman–Crippen LogP) is 3.52. The van der Waals surface area contributed by atoms with Crippen molar-refractivity contribution in [2.24, 2.45) is 0 Å². The number of pyridine rings is 1. The zero-order chi connectivity index (χ0) is 16.6. The fourth-order valence-corrected chi connectivity index (χ4v) is 2.88. The minimum atomic E-state index is 0.00955. The first-order valence-corrected chi connectivity index (χ1v) is 7.87. The second-order valence-corrected chi connectivity index (χ2v) is 6.18. The molecule has 0 saturated carbocycles. The van der Waals surface area contributed by atoms with Crippen LogP contribution in [0.3, 0.4) is 0 Å². The Kier molecular flexibility index (Phi) is 3.99. The van der Waals surface area contributed by atoms with Gasteiger partial charge in [0.25, 0.3) is 5.56 Å². The third-order valence-corrected chi connectivity index (χ3v) is 4.40. The molecule has 0 aliphatic carbocycles. The molecule has 1 atom stereocenters. The summed E-state index contributed by atoms with van der Waals surface area (Å²) in [6, 6.07) is 9.84. The number of benzene rings is 1. The van der Waals surface area contributed by atoms with Gasteiger partial charge in [0, 0.05) is 23.9 Å². The number of nitrogens with zero attached hydrogens (tertiary/aromatic N) is 3. The van der Waals surface area contributed by atoms with E-state index >= 15 is 0 Å². The van der Waals surface area contributed by atoms with Gasteiger partial charge in [0.15, 0.2) is 0 Å². The average molecular weight is 307 g/mol. The number of aryl methyl sites for hydroxylation is 3. The third-order valence-electron chi connectivity index (χ3n) is 4.40. The summed E-state index contributed by atoms with van der Waals surface area (Å²) in [5.41, 5.74) is 5.01. The molecule has 0 amide bonds. The van der Waals surface area contributed by atoms with E-state index in [1.165, 1.54) is 0 Å². The van der Waals surface area contributed by atoms with E-state index in [4.69, 9.17) is 0 Å². The highest BCUT2D eigenvalue weighted by molar-refractivity contribution is 5.81. The van der Waals surface area contributed by atoms with Gasteiger partial charge in [-0.05, 0) is 57.0 Å². The normalized spacial score (nSPS) is 12.5. The van der Waals surface area contributed by atoms with Crippen molar-refractivity contribution in [2.45, 2.75) is 40.2 Å². The first-order valence-electron chi connectivity index (χ1n) is 7.87. The monoisotopic (exact) mass is 307 g/mol. The molecule has 23 heavy (non-hydrogen) atoms. The lowest BCUT2D eigenvalue weighted by atomic mass is 10.1. The number of fused-ring (bicyclic) bond motifs is 1. The van der Waals surface area contributed by atoms with Crippen LogP contribution in [-0.2, 0) is 6.42 Å². The molecule has 3 aromatic rings. The summed E-state index contributed by atoms with van der Waals surface area (Å²) in [6.07, 6.45) is 2.37. The molecule has 2 heterocycles. The first-order chi connectivity index (χ1) is 11.0. The topological polar surface area (TPSA) is 47.8 Å². The molecule has 118 valence electrons. The maximum absolute atomic E-state index is 12.8. The second kappa shape index (κ2) is 5.95. The van der Waals surface area contributed by atoms with Gasteiger partial charge in [-0.1, -0.05) is 12.1 Å². The van der Waals surface area contributed by atoms with Crippen LogP contribution in [0.15, 0.2) is 41.5 Å². The molecule has 0 spiro atoms. The van der Waals surface area contributed by atoms with E-state index in [1.54, 1.807) is 10.9 Å². The predicted molar refractivity (Wildman–Crippen MR) is 92.9 cm³/mol. The van der Waals surface area contributed by atoms with Gasteiger partial charge in [-0.25, -0.2) is 4.98 Å². The number of hydrogen-bond donors (Lipinski definition) is 0. The van der Waals surface area contributed by atoms with Crippen LogP contribution < -0.4 is 5.56 Å². The van der Waals surface area contributed by atoms with E-state index in [0.717, 1.165) is 28.0 Å². The highest BCUT2D eigenvalue weighted by Crippen LogP contribution is 2.18. The van der Waals surface area contributed by atoms with Crippen LogP contribution >= 0.6 is 0 Å². The van der Waals surface area contributed by atoms with Crippen LogP contribution in [0.4, 0.5) is 0 Å². The Morgan fingerprint density at radius 1 is 1.13 bits per heavy atom. The Hall–Kier alpha value is -2.49. The van der Waals surface area contributed by atoms with Crippen molar-refractivity contribution in [3.8, 4) is 0 Å². The van der Waals surface area contributed by atoms with Crippen molar-refractivity contribution < 1.29 is 0 Å². The molecule has 0 fully saturated rings. The summed E-state index contributed by atoms with van der Waals surface area (Å²) < 4.78 is 1.71. The lowest BCUT2D eigenvalue weighted by Gasteiger charge is -2.16. The van der Waals surface area contributed by atoms with Crippen LogP contribution in [0, 0.1) is 20.8 Å². The van der Waals surface area contributed by atoms with Gasteiger partial charge < -0.3 is 0 Å². The molecule has 0 N–H and O–H groups in total. The SMILES string of the molecule is Cc1cccc(CC(C)n2cnc3c(C)c(C)ccc3c2=O)n1. The highest BCUT2D eigenvalue weighted by Gasteiger charge is 2.13. The molecule has 4 heteroatoms. The summed E-state index contributed by atoms with van der Waals surface area (Å²) in [5.74, 6) is 0. The Morgan fingerprint density at radius 3 is 2.65 bits per heavy atom. The van der Waals surface area contributed by atoms with Crippen molar-refractivity contribution in [1.29, 1.82) is 0 Å². The van der Waals surface area contributed by atoms with Gasteiger partial charge in [0.1, 0.15) is 0 Å². The molecule has 2 aromatic heterocycles.